The van der Waals surface area contributed by atoms with Gasteiger partial charge in [0.2, 0.25) is 0 Å². The number of rotatable bonds is 3. The molecule has 0 aliphatic carbocycles. The summed E-state index contributed by atoms with van der Waals surface area (Å²) in [7, 11) is 0. The summed E-state index contributed by atoms with van der Waals surface area (Å²) in [5, 5.41) is 10.5. The Labute approximate surface area is 117 Å². The molecule has 0 aliphatic heterocycles. The fourth-order valence-corrected chi connectivity index (χ4v) is 2.16. The summed E-state index contributed by atoms with van der Waals surface area (Å²) in [6.45, 7) is 3.38. The fourth-order valence-electron chi connectivity index (χ4n) is 2.03. The van der Waals surface area contributed by atoms with Crippen LogP contribution < -0.4 is 0 Å². The van der Waals surface area contributed by atoms with Gasteiger partial charge in [-0.3, -0.25) is 4.79 Å². The molecular weight excluding hydrogens is 260 g/mol. The van der Waals surface area contributed by atoms with Crippen molar-refractivity contribution < 1.29 is 9.90 Å². The molecule has 2 rings (SSSR count). The molecule has 0 saturated carbocycles. The smallest absolute Gasteiger partial charge is 0.163 e. The molecule has 0 saturated heterocycles. The summed E-state index contributed by atoms with van der Waals surface area (Å²) >= 11 is 5.86. The van der Waals surface area contributed by atoms with Crippen LogP contribution in [0.3, 0.4) is 0 Å². The van der Waals surface area contributed by atoms with Crippen LogP contribution in [0.5, 0.6) is 5.75 Å². The van der Waals surface area contributed by atoms with Crippen molar-refractivity contribution in [2.75, 3.05) is 0 Å². The van der Waals surface area contributed by atoms with Gasteiger partial charge < -0.3 is 5.11 Å². The molecule has 3 heteroatoms. The van der Waals surface area contributed by atoms with Crippen molar-refractivity contribution in [2.24, 2.45) is 0 Å². The van der Waals surface area contributed by atoms with Crippen LogP contribution in [-0.4, -0.2) is 10.9 Å². The molecule has 0 amide bonds. The first-order valence-electron chi connectivity index (χ1n) is 6.05. The normalized spacial score (nSPS) is 10.5. The van der Waals surface area contributed by atoms with E-state index in [1.165, 1.54) is 6.92 Å². The molecule has 19 heavy (non-hydrogen) atoms. The topological polar surface area (TPSA) is 37.3 Å². The second kappa shape index (κ2) is 5.45. The maximum absolute atomic E-state index is 11.4. The minimum absolute atomic E-state index is 0.0462. The lowest BCUT2D eigenvalue weighted by Gasteiger charge is -2.10. The first-order valence-corrected chi connectivity index (χ1v) is 6.43. The Morgan fingerprint density at radius 2 is 1.84 bits per heavy atom. The Kier molecular flexibility index (Phi) is 3.91. The van der Waals surface area contributed by atoms with E-state index in [-0.39, 0.29) is 11.5 Å². The lowest BCUT2D eigenvalue weighted by molar-refractivity contribution is 0.101. The molecule has 0 unspecified atom stereocenters. The van der Waals surface area contributed by atoms with E-state index in [0.717, 1.165) is 16.7 Å². The number of benzene rings is 2. The molecule has 0 fully saturated rings. The Morgan fingerprint density at radius 3 is 2.42 bits per heavy atom. The van der Waals surface area contributed by atoms with Gasteiger partial charge >= 0.3 is 0 Å². The third-order valence-corrected chi connectivity index (χ3v) is 3.39. The molecule has 2 aromatic rings. The van der Waals surface area contributed by atoms with Crippen molar-refractivity contribution in [3.05, 3.63) is 63.7 Å². The van der Waals surface area contributed by atoms with E-state index in [1.807, 2.05) is 31.2 Å². The van der Waals surface area contributed by atoms with E-state index in [9.17, 15) is 9.90 Å². The third kappa shape index (κ3) is 3.15. The molecule has 0 bridgehead atoms. The zero-order chi connectivity index (χ0) is 14.0. The fraction of sp³-hybridized carbons (Fsp3) is 0.188. The second-order valence-electron chi connectivity index (χ2n) is 4.66. The molecule has 0 radical (unpaired) electrons. The number of carbonyl (C=O) groups excluding carboxylic acids is 1. The minimum Gasteiger partial charge on any atom is -0.507 e. The van der Waals surface area contributed by atoms with Gasteiger partial charge in [0, 0.05) is 5.02 Å². The zero-order valence-electron chi connectivity index (χ0n) is 10.9. The van der Waals surface area contributed by atoms with Gasteiger partial charge in [0.25, 0.3) is 0 Å². The highest BCUT2D eigenvalue weighted by atomic mass is 35.5. The maximum Gasteiger partial charge on any atom is 0.163 e. The van der Waals surface area contributed by atoms with Crippen LogP contribution in [0, 0.1) is 6.92 Å². The summed E-state index contributed by atoms with van der Waals surface area (Å²) in [6, 6.07) is 11.0. The van der Waals surface area contributed by atoms with Gasteiger partial charge in [0.1, 0.15) is 5.75 Å². The lowest BCUT2D eigenvalue weighted by Crippen LogP contribution is -1.99. The Morgan fingerprint density at radius 1 is 1.21 bits per heavy atom. The van der Waals surface area contributed by atoms with E-state index in [1.54, 1.807) is 12.1 Å². The number of aromatic hydroxyl groups is 1. The first kappa shape index (κ1) is 13.6. The van der Waals surface area contributed by atoms with Gasteiger partial charge in [-0.25, -0.2) is 0 Å². The Balaban J connectivity index is 2.37. The SMILES string of the molecule is CC(=O)c1cc(Cc2ccc(Cl)cc2)c(C)cc1O. The Hall–Kier alpha value is -1.80. The van der Waals surface area contributed by atoms with Crippen molar-refractivity contribution in [3.8, 4) is 5.75 Å². The van der Waals surface area contributed by atoms with Crippen molar-refractivity contribution >= 4 is 17.4 Å². The third-order valence-electron chi connectivity index (χ3n) is 3.14. The predicted molar refractivity (Wildman–Crippen MR) is 77.1 cm³/mol. The number of carbonyl (C=O) groups is 1. The quantitative estimate of drug-likeness (QED) is 0.854. The zero-order valence-corrected chi connectivity index (χ0v) is 11.7. The van der Waals surface area contributed by atoms with Gasteiger partial charge in [-0.1, -0.05) is 23.7 Å². The van der Waals surface area contributed by atoms with Gasteiger partial charge in [-0.2, -0.15) is 0 Å². The summed E-state index contributed by atoms with van der Waals surface area (Å²) < 4.78 is 0. The second-order valence-corrected chi connectivity index (χ2v) is 5.09. The van der Waals surface area contributed by atoms with Crippen LogP contribution in [-0.2, 0) is 6.42 Å². The molecule has 98 valence electrons. The van der Waals surface area contributed by atoms with Crippen LogP contribution in [0.2, 0.25) is 5.02 Å². The summed E-state index contributed by atoms with van der Waals surface area (Å²) in [4.78, 5) is 11.4. The monoisotopic (exact) mass is 274 g/mol. The van der Waals surface area contributed by atoms with Crippen LogP contribution in [0.4, 0.5) is 0 Å². The molecule has 0 spiro atoms. The van der Waals surface area contributed by atoms with Crippen molar-refractivity contribution in [1.29, 1.82) is 0 Å². The number of halogens is 1. The lowest BCUT2D eigenvalue weighted by atomic mass is 9.96. The van der Waals surface area contributed by atoms with Gasteiger partial charge in [-0.05, 0) is 61.2 Å². The first-order chi connectivity index (χ1) is 8.97. The summed E-state index contributed by atoms with van der Waals surface area (Å²) in [5.74, 6) is -0.0836. The van der Waals surface area contributed by atoms with Crippen LogP contribution in [0.25, 0.3) is 0 Å². The minimum atomic E-state index is -0.130. The molecular formula is C16H15ClO2. The largest absolute Gasteiger partial charge is 0.507 e. The number of ketones is 1. The van der Waals surface area contributed by atoms with Crippen molar-refractivity contribution in [3.63, 3.8) is 0 Å². The van der Waals surface area contributed by atoms with Crippen LogP contribution >= 0.6 is 11.6 Å². The van der Waals surface area contributed by atoms with Crippen molar-refractivity contribution in [2.45, 2.75) is 20.3 Å². The number of hydrogen-bond donors (Lipinski definition) is 1. The number of phenolic OH excluding ortho intramolecular Hbond substituents is 1. The van der Waals surface area contributed by atoms with Crippen molar-refractivity contribution in [1.82, 2.24) is 0 Å². The highest BCUT2D eigenvalue weighted by Gasteiger charge is 2.10. The average Bonchev–Trinajstić information content (AvgIpc) is 2.34. The summed E-state index contributed by atoms with van der Waals surface area (Å²) in [6.07, 6.45) is 0.712. The molecule has 0 aromatic heterocycles. The molecule has 0 atom stereocenters. The predicted octanol–water partition coefficient (Wildman–Crippen LogP) is 4.15. The molecule has 2 nitrogen and oxygen atoms in total. The highest BCUT2D eigenvalue weighted by molar-refractivity contribution is 6.30. The maximum atomic E-state index is 11.4. The van der Waals surface area contributed by atoms with Crippen LogP contribution in [0.15, 0.2) is 36.4 Å². The number of aryl methyl sites for hydroxylation is 1. The summed E-state index contributed by atoms with van der Waals surface area (Å²) in [5.41, 5.74) is 3.49. The number of phenols is 1. The van der Waals surface area contributed by atoms with E-state index >= 15 is 0 Å². The number of Topliss-reactive ketones (excluding diaryl/α,β-unsaturated/α-hetero) is 1. The van der Waals surface area contributed by atoms with Gasteiger partial charge in [0.05, 0.1) is 5.56 Å². The molecule has 0 heterocycles. The van der Waals surface area contributed by atoms with Gasteiger partial charge in [0.15, 0.2) is 5.78 Å². The molecule has 1 N–H and O–H groups in total. The van der Waals surface area contributed by atoms with E-state index < -0.39 is 0 Å². The molecule has 2 aromatic carbocycles. The van der Waals surface area contributed by atoms with E-state index in [2.05, 4.69) is 0 Å². The van der Waals surface area contributed by atoms with Crippen LogP contribution in [0.1, 0.15) is 34.0 Å². The Bertz CT molecular complexity index is 615. The van der Waals surface area contributed by atoms with E-state index in [0.29, 0.717) is 17.0 Å². The highest BCUT2D eigenvalue weighted by Crippen LogP contribution is 2.25. The van der Waals surface area contributed by atoms with E-state index in [4.69, 9.17) is 11.6 Å². The molecule has 0 aliphatic rings. The average molecular weight is 275 g/mol. The van der Waals surface area contributed by atoms with Gasteiger partial charge in [-0.15, -0.1) is 0 Å². The standard InChI is InChI=1S/C16H15ClO2/c1-10-7-16(19)15(11(2)18)9-13(10)8-12-3-5-14(17)6-4-12/h3-7,9,19H,8H2,1-2H3. The number of hydrogen-bond acceptors (Lipinski definition) is 2.